The Kier molecular flexibility index (Phi) is 4.56. The first-order chi connectivity index (χ1) is 8.63. The molecule has 0 aliphatic rings. The van der Waals surface area contributed by atoms with Crippen LogP contribution < -0.4 is 0 Å². The molecule has 1 N–H and O–H groups in total. The summed E-state index contributed by atoms with van der Waals surface area (Å²) in [5.74, 6) is 0. The molecule has 0 radical (unpaired) electrons. The van der Waals surface area contributed by atoms with Crippen molar-refractivity contribution in [2.24, 2.45) is 0 Å². The Hall–Kier alpha value is -1.12. The van der Waals surface area contributed by atoms with Gasteiger partial charge in [0.25, 0.3) is 0 Å². The molecule has 0 saturated heterocycles. The Balaban J connectivity index is 1.94. The topological polar surface area (TPSA) is 20.2 Å². The largest absolute Gasteiger partial charge is 0.392 e. The van der Waals surface area contributed by atoms with Gasteiger partial charge < -0.3 is 5.11 Å². The molecular formula is C16H17BrO. The van der Waals surface area contributed by atoms with Gasteiger partial charge in [-0.2, -0.15) is 0 Å². The van der Waals surface area contributed by atoms with Crippen LogP contribution in [0.2, 0.25) is 0 Å². The maximum atomic E-state index is 10.1. The molecule has 0 saturated carbocycles. The molecule has 0 bridgehead atoms. The highest BCUT2D eigenvalue weighted by Crippen LogP contribution is 2.14. The van der Waals surface area contributed by atoms with Crippen LogP contribution in [0.3, 0.4) is 0 Å². The van der Waals surface area contributed by atoms with Crippen molar-refractivity contribution >= 4 is 15.9 Å². The molecule has 1 nitrogen and oxygen atoms in total. The van der Waals surface area contributed by atoms with E-state index in [0.717, 1.165) is 10.0 Å². The molecule has 1 atom stereocenters. The van der Waals surface area contributed by atoms with E-state index in [4.69, 9.17) is 0 Å². The van der Waals surface area contributed by atoms with E-state index in [-0.39, 0.29) is 6.10 Å². The van der Waals surface area contributed by atoms with Crippen LogP contribution >= 0.6 is 15.9 Å². The lowest BCUT2D eigenvalue weighted by molar-refractivity contribution is 0.175. The first-order valence-electron chi connectivity index (χ1n) is 6.11. The molecule has 0 heterocycles. The minimum atomic E-state index is -0.325. The summed E-state index contributed by atoms with van der Waals surface area (Å²) in [4.78, 5) is 0. The molecule has 94 valence electrons. The molecule has 0 amide bonds. The summed E-state index contributed by atoms with van der Waals surface area (Å²) in [7, 11) is 0. The van der Waals surface area contributed by atoms with Crippen molar-refractivity contribution < 1.29 is 5.11 Å². The molecule has 2 aromatic rings. The van der Waals surface area contributed by atoms with E-state index in [1.165, 1.54) is 11.1 Å². The molecule has 0 aromatic heterocycles. The average Bonchev–Trinajstić information content (AvgIpc) is 2.35. The lowest BCUT2D eigenvalue weighted by atomic mass is 10.0. The second-order valence-corrected chi connectivity index (χ2v) is 5.59. The molecule has 2 aromatic carbocycles. The van der Waals surface area contributed by atoms with Gasteiger partial charge in [-0.15, -0.1) is 0 Å². The van der Waals surface area contributed by atoms with Gasteiger partial charge in [-0.1, -0.05) is 57.9 Å². The summed E-state index contributed by atoms with van der Waals surface area (Å²) >= 11 is 3.41. The summed E-state index contributed by atoms with van der Waals surface area (Å²) in [6, 6.07) is 16.4. The second-order valence-electron chi connectivity index (χ2n) is 4.67. The number of aliphatic hydroxyl groups is 1. The lowest BCUT2D eigenvalue weighted by Gasteiger charge is -2.11. The third kappa shape index (κ3) is 3.97. The van der Waals surface area contributed by atoms with E-state index >= 15 is 0 Å². The predicted octanol–water partition coefficient (Wildman–Crippen LogP) is 3.90. The number of hydrogen-bond donors (Lipinski definition) is 1. The molecule has 0 aliphatic carbocycles. The fourth-order valence-corrected chi connectivity index (χ4v) is 2.23. The predicted molar refractivity (Wildman–Crippen MR) is 78.7 cm³/mol. The van der Waals surface area contributed by atoms with Crippen molar-refractivity contribution in [2.45, 2.75) is 25.9 Å². The third-order valence-electron chi connectivity index (χ3n) is 2.98. The van der Waals surface area contributed by atoms with Gasteiger partial charge in [0, 0.05) is 4.47 Å². The smallest absolute Gasteiger partial charge is 0.0620 e. The zero-order valence-corrected chi connectivity index (χ0v) is 12.0. The third-order valence-corrected chi connectivity index (χ3v) is 3.51. The zero-order valence-electron chi connectivity index (χ0n) is 10.4. The number of aryl methyl sites for hydroxylation is 1. The summed E-state index contributed by atoms with van der Waals surface area (Å²) in [5.41, 5.74) is 3.60. The van der Waals surface area contributed by atoms with E-state index in [1.54, 1.807) is 0 Å². The average molecular weight is 305 g/mol. The van der Waals surface area contributed by atoms with Crippen LogP contribution in [-0.4, -0.2) is 11.2 Å². The van der Waals surface area contributed by atoms with Gasteiger partial charge in [0.05, 0.1) is 6.10 Å². The molecule has 1 unspecified atom stereocenters. The Morgan fingerprint density at radius 3 is 1.83 bits per heavy atom. The standard InChI is InChI=1S/C16H17BrO/c1-12-2-4-13(5-3-12)10-16(18)11-14-6-8-15(17)9-7-14/h2-9,16,18H,10-11H2,1H3. The Labute approximate surface area is 117 Å². The van der Waals surface area contributed by atoms with Gasteiger partial charge in [-0.3, -0.25) is 0 Å². The van der Waals surface area contributed by atoms with Gasteiger partial charge in [-0.25, -0.2) is 0 Å². The summed E-state index contributed by atoms with van der Waals surface area (Å²) in [6.07, 6.45) is 1.08. The van der Waals surface area contributed by atoms with Gasteiger partial charge >= 0.3 is 0 Å². The summed E-state index contributed by atoms with van der Waals surface area (Å²) < 4.78 is 1.07. The fourth-order valence-electron chi connectivity index (χ4n) is 1.96. The van der Waals surface area contributed by atoms with E-state index in [9.17, 15) is 5.11 Å². The first-order valence-corrected chi connectivity index (χ1v) is 6.91. The van der Waals surface area contributed by atoms with Crippen molar-refractivity contribution in [3.63, 3.8) is 0 Å². The second kappa shape index (κ2) is 6.17. The maximum absolute atomic E-state index is 10.1. The SMILES string of the molecule is Cc1ccc(CC(O)Cc2ccc(Br)cc2)cc1. The number of halogens is 1. The zero-order chi connectivity index (χ0) is 13.0. The van der Waals surface area contributed by atoms with E-state index in [0.29, 0.717) is 12.8 Å². The Bertz CT molecular complexity index is 440. The first kappa shape index (κ1) is 13.3. The summed E-state index contributed by atoms with van der Waals surface area (Å²) in [6.45, 7) is 2.07. The van der Waals surface area contributed by atoms with E-state index < -0.39 is 0 Å². The van der Waals surface area contributed by atoms with Crippen LogP contribution in [0.25, 0.3) is 0 Å². The van der Waals surface area contributed by atoms with Gasteiger partial charge in [0.15, 0.2) is 0 Å². The maximum Gasteiger partial charge on any atom is 0.0620 e. The molecule has 2 heteroatoms. The van der Waals surface area contributed by atoms with Crippen molar-refractivity contribution in [3.05, 3.63) is 69.7 Å². The molecular weight excluding hydrogens is 288 g/mol. The molecule has 0 fully saturated rings. The Morgan fingerprint density at radius 1 is 0.889 bits per heavy atom. The minimum absolute atomic E-state index is 0.325. The molecule has 0 spiro atoms. The van der Waals surface area contributed by atoms with Crippen LogP contribution in [0.4, 0.5) is 0 Å². The Morgan fingerprint density at radius 2 is 1.33 bits per heavy atom. The van der Waals surface area contributed by atoms with Crippen LogP contribution in [-0.2, 0) is 12.8 Å². The van der Waals surface area contributed by atoms with Crippen LogP contribution in [0.15, 0.2) is 53.0 Å². The van der Waals surface area contributed by atoms with Gasteiger partial charge in [-0.05, 0) is 43.0 Å². The number of rotatable bonds is 4. The monoisotopic (exact) mass is 304 g/mol. The quantitative estimate of drug-likeness (QED) is 0.908. The molecule has 0 aliphatic heterocycles. The van der Waals surface area contributed by atoms with Crippen molar-refractivity contribution in [1.82, 2.24) is 0 Å². The van der Waals surface area contributed by atoms with E-state index in [1.807, 2.05) is 24.3 Å². The van der Waals surface area contributed by atoms with Crippen molar-refractivity contribution in [2.75, 3.05) is 0 Å². The molecule has 2 rings (SSSR count). The number of aliphatic hydroxyl groups excluding tert-OH is 1. The van der Waals surface area contributed by atoms with Crippen LogP contribution in [0.5, 0.6) is 0 Å². The number of benzene rings is 2. The highest BCUT2D eigenvalue weighted by Gasteiger charge is 2.06. The van der Waals surface area contributed by atoms with E-state index in [2.05, 4.69) is 47.1 Å². The van der Waals surface area contributed by atoms with Crippen molar-refractivity contribution in [1.29, 1.82) is 0 Å². The normalized spacial score (nSPS) is 12.4. The van der Waals surface area contributed by atoms with Crippen LogP contribution in [0, 0.1) is 6.92 Å². The van der Waals surface area contributed by atoms with Gasteiger partial charge in [0.2, 0.25) is 0 Å². The lowest BCUT2D eigenvalue weighted by Crippen LogP contribution is -2.13. The number of hydrogen-bond acceptors (Lipinski definition) is 1. The van der Waals surface area contributed by atoms with Crippen LogP contribution in [0.1, 0.15) is 16.7 Å². The fraction of sp³-hybridized carbons (Fsp3) is 0.250. The minimum Gasteiger partial charge on any atom is -0.392 e. The molecule has 18 heavy (non-hydrogen) atoms. The highest BCUT2D eigenvalue weighted by molar-refractivity contribution is 9.10. The van der Waals surface area contributed by atoms with Crippen molar-refractivity contribution in [3.8, 4) is 0 Å². The van der Waals surface area contributed by atoms with Gasteiger partial charge in [0.1, 0.15) is 0 Å². The highest BCUT2D eigenvalue weighted by atomic mass is 79.9. The summed E-state index contributed by atoms with van der Waals surface area (Å²) in [5, 5.41) is 10.1.